The fraction of sp³-hybridized carbons (Fsp3) is 0.750. The summed E-state index contributed by atoms with van der Waals surface area (Å²) in [5.41, 5.74) is 32.6. The summed E-state index contributed by atoms with van der Waals surface area (Å²) in [6.07, 6.45) is 5.95. The van der Waals surface area contributed by atoms with Crippen molar-refractivity contribution in [2.24, 2.45) is 44.4 Å². The van der Waals surface area contributed by atoms with E-state index >= 15 is 0 Å². The number of aliphatic imine (C=N–C) groups is 2. The van der Waals surface area contributed by atoms with Gasteiger partial charge in [-0.1, -0.05) is 12.8 Å². The Morgan fingerprint density at radius 1 is 0.706 bits per heavy atom. The molecule has 14 heteroatoms. The third-order valence-corrected chi connectivity index (χ3v) is 4.31. The topological polar surface area (TPSA) is 276 Å². The molecule has 2 amide bonds. The van der Waals surface area contributed by atoms with Gasteiger partial charge in [-0.3, -0.25) is 24.4 Å². The number of nitrogens with one attached hydrogen (secondary N) is 2. The fourth-order valence-corrected chi connectivity index (χ4v) is 2.59. The van der Waals surface area contributed by atoms with E-state index in [1.54, 1.807) is 0 Å². The molecule has 198 valence electrons. The van der Waals surface area contributed by atoms with Gasteiger partial charge in [0.2, 0.25) is 11.8 Å². The molecule has 0 saturated carbocycles. The van der Waals surface area contributed by atoms with Gasteiger partial charge < -0.3 is 50.1 Å². The summed E-state index contributed by atoms with van der Waals surface area (Å²) in [5.74, 6) is -1.09. The van der Waals surface area contributed by atoms with Crippen molar-refractivity contribution >= 4 is 29.7 Å². The van der Waals surface area contributed by atoms with Crippen LogP contribution in [0.15, 0.2) is 9.98 Å². The summed E-state index contributed by atoms with van der Waals surface area (Å²) in [6, 6.07) is -1.11. The molecule has 0 aromatic carbocycles. The molecule has 0 aliphatic carbocycles. The van der Waals surface area contributed by atoms with Crippen LogP contribution in [0.3, 0.4) is 0 Å². The molecule has 0 aliphatic rings. The number of carbonyl (C=O) groups is 3. The Morgan fingerprint density at radius 2 is 1.03 bits per heavy atom. The number of carboxylic acids is 1. The van der Waals surface area contributed by atoms with E-state index in [4.69, 9.17) is 44.3 Å². The van der Waals surface area contributed by atoms with E-state index in [0.29, 0.717) is 51.9 Å². The quantitative estimate of drug-likeness (QED) is 0.0595. The highest BCUT2D eigenvalue weighted by Crippen LogP contribution is 2.00. The van der Waals surface area contributed by atoms with Crippen LogP contribution in [0, 0.1) is 0 Å². The average Bonchev–Trinajstić information content (AvgIpc) is 2.74. The van der Waals surface area contributed by atoms with E-state index in [1.165, 1.54) is 0 Å². The summed E-state index contributed by atoms with van der Waals surface area (Å²) < 4.78 is 0. The maximum Gasteiger partial charge on any atom is 0.300 e. The first kappa shape index (κ1) is 33.0. The van der Waals surface area contributed by atoms with Gasteiger partial charge in [0.15, 0.2) is 11.9 Å². The van der Waals surface area contributed by atoms with Crippen molar-refractivity contribution in [1.82, 2.24) is 10.6 Å². The van der Waals surface area contributed by atoms with Crippen molar-refractivity contribution in [2.45, 2.75) is 70.4 Å². The van der Waals surface area contributed by atoms with Crippen LogP contribution in [0.4, 0.5) is 0 Å². The van der Waals surface area contributed by atoms with Gasteiger partial charge in [0.05, 0.1) is 12.1 Å². The van der Waals surface area contributed by atoms with Crippen LogP contribution in [0.5, 0.6) is 0 Å². The molecule has 0 heterocycles. The number of nitrogens with zero attached hydrogens (tertiary/aromatic N) is 2. The first-order chi connectivity index (χ1) is 16.0. The summed E-state index contributed by atoms with van der Waals surface area (Å²) in [4.78, 5) is 40.4. The summed E-state index contributed by atoms with van der Waals surface area (Å²) in [5, 5.41) is 13.1. The van der Waals surface area contributed by atoms with E-state index in [2.05, 4.69) is 20.6 Å². The maximum atomic E-state index is 11.9. The van der Waals surface area contributed by atoms with Crippen LogP contribution in [-0.4, -0.2) is 73.1 Å². The third kappa shape index (κ3) is 25.1. The molecule has 0 aliphatic heterocycles. The lowest BCUT2D eigenvalue weighted by Crippen LogP contribution is -2.41. The lowest BCUT2D eigenvalue weighted by atomic mass is 10.1. The number of hydrogen-bond acceptors (Lipinski definition) is 7. The van der Waals surface area contributed by atoms with Gasteiger partial charge in [-0.2, -0.15) is 0 Å². The Kier molecular flexibility index (Phi) is 21.1. The van der Waals surface area contributed by atoms with E-state index in [9.17, 15) is 9.59 Å². The monoisotopic (exact) mass is 488 g/mol. The second-order valence-corrected chi connectivity index (χ2v) is 7.63. The summed E-state index contributed by atoms with van der Waals surface area (Å²) >= 11 is 0. The van der Waals surface area contributed by atoms with Crippen molar-refractivity contribution in [3.05, 3.63) is 0 Å². The largest absolute Gasteiger partial charge is 0.481 e. The highest BCUT2D eigenvalue weighted by atomic mass is 16.4. The number of amides is 2. The Hall–Kier alpha value is -3.13. The van der Waals surface area contributed by atoms with Crippen LogP contribution >= 0.6 is 0 Å². The SMILES string of the molecule is CC(=O)O.NC(N)=NCCCC(N)C(=O)NCCCCCCNC(=O)C(N)CCCN=C(N)N. The Balaban J connectivity index is 0. The Morgan fingerprint density at radius 3 is 1.32 bits per heavy atom. The van der Waals surface area contributed by atoms with Crippen LogP contribution in [0.1, 0.15) is 58.3 Å². The van der Waals surface area contributed by atoms with Gasteiger partial charge in [0, 0.05) is 33.1 Å². The average molecular weight is 489 g/mol. The van der Waals surface area contributed by atoms with E-state index < -0.39 is 18.1 Å². The molecule has 0 fully saturated rings. The zero-order valence-electron chi connectivity index (χ0n) is 20.2. The third-order valence-electron chi connectivity index (χ3n) is 4.31. The van der Waals surface area contributed by atoms with Crippen molar-refractivity contribution in [3.63, 3.8) is 0 Å². The normalized spacial score (nSPS) is 11.7. The van der Waals surface area contributed by atoms with Gasteiger partial charge in [-0.25, -0.2) is 0 Å². The van der Waals surface area contributed by atoms with Crippen LogP contribution in [0.2, 0.25) is 0 Å². The molecule has 15 N–H and O–H groups in total. The van der Waals surface area contributed by atoms with Crippen LogP contribution in [-0.2, 0) is 14.4 Å². The molecule has 0 rings (SSSR count). The number of hydrogen-bond donors (Lipinski definition) is 9. The molecule has 0 aromatic rings. The predicted molar refractivity (Wildman–Crippen MR) is 134 cm³/mol. The molecule has 0 bridgehead atoms. The van der Waals surface area contributed by atoms with E-state index in [-0.39, 0.29) is 23.7 Å². The van der Waals surface area contributed by atoms with E-state index in [0.717, 1.165) is 32.6 Å². The molecule has 0 aromatic heterocycles. The minimum absolute atomic E-state index is 0.0370. The highest BCUT2D eigenvalue weighted by molar-refractivity contribution is 5.81. The number of nitrogens with two attached hydrogens (primary N) is 6. The lowest BCUT2D eigenvalue weighted by Gasteiger charge is -2.12. The fourth-order valence-electron chi connectivity index (χ4n) is 2.59. The van der Waals surface area contributed by atoms with Gasteiger partial charge in [0.25, 0.3) is 5.97 Å². The number of carboxylic acid groups (broad SMARTS) is 1. The number of carbonyl (C=O) groups excluding carboxylic acids is 2. The number of aliphatic carboxylic acids is 1. The van der Waals surface area contributed by atoms with Gasteiger partial charge in [-0.05, 0) is 38.5 Å². The van der Waals surface area contributed by atoms with Crippen molar-refractivity contribution in [2.75, 3.05) is 26.2 Å². The van der Waals surface area contributed by atoms with Crippen LogP contribution < -0.4 is 45.0 Å². The lowest BCUT2D eigenvalue weighted by molar-refractivity contribution is -0.134. The second kappa shape index (κ2) is 21.7. The molecule has 2 atom stereocenters. The zero-order valence-corrected chi connectivity index (χ0v) is 20.2. The Bertz CT molecular complexity index is 583. The molecular weight excluding hydrogens is 444 g/mol. The predicted octanol–water partition coefficient (Wildman–Crippen LogP) is -2.37. The number of unbranched alkanes of at least 4 members (excludes halogenated alkanes) is 3. The standard InChI is InChI=1S/C18H40N10O2.C2H4O2/c19-13(7-5-11-27-17(21)22)15(29)25-9-3-1-2-4-10-26-16(30)14(20)8-6-12-28-18(23)24;1-2(3)4/h13-14H,1-12,19-20H2,(H,25,29)(H,26,30)(H4,21,22,27)(H4,23,24,28);1H3,(H,3,4). The first-order valence-corrected chi connectivity index (χ1v) is 11.3. The van der Waals surface area contributed by atoms with Gasteiger partial charge in [-0.15, -0.1) is 0 Å². The number of rotatable bonds is 17. The molecule has 0 spiro atoms. The summed E-state index contributed by atoms with van der Waals surface area (Å²) in [7, 11) is 0. The molecule has 34 heavy (non-hydrogen) atoms. The minimum Gasteiger partial charge on any atom is -0.481 e. The van der Waals surface area contributed by atoms with Crippen LogP contribution in [0.25, 0.3) is 0 Å². The molecule has 2 unspecified atom stereocenters. The summed E-state index contributed by atoms with van der Waals surface area (Å²) in [6.45, 7) is 3.16. The van der Waals surface area contributed by atoms with Crippen molar-refractivity contribution in [3.8, 4) is 0 Å². The van der Waals surface area contributed by atoms with Gasteiger partial charge in [0.1, 0.15) is 0 Å². The van der Waals surface area contributed by atoms with Gasteiger partial charge >= 0.3 is 0 Å². The second-order valence-electron chi connectivity index (χ2n) is 7.63. The molecule has 0 radical (unpaired) electrons. The first-order valence-electron chi connectivity index (χ1n) is 11.3. The molecule has 0 saturated heterocycles. The minimum atomic E-state index is -0.833. The maximum absolute atomic E-state index is 11.9. The molecule has 14 nitrogen and oxygen atoms in total. The van der Waals surface area contributed by atoms with E-state index in [1.807, 2.05) is 0 Å². The van der Waals surface area contributed by atoms with Crippen molar-refractivity contribution in [1.29, 1.82) is 0 Å². The zero-order chi connectivity index (χ0) is 26.4. The highest BCUT2D eigenvalue weighted by Gasteiger charge is 2.13. The number of guanidine groups is 2. The van der Waals surface area contributed by atoms with Crippen molar-refractivity contribution < 1.29 is 19.5 Å². The Labute approximate surface area is 201 Å². The smallest absolute Gasteiger partial charge is 0.300 e. The molecular formula is C20H44N10O4.